The highest BCUT2D eigenvalue weighted by Crippen LogP contribution is 2.48. The lowest BCUT2D eigenvalue weighted by Crippen LogP contribution is -2.57. The van der Waals surface area contributed by atoms with Crippen LogP contribution in [0.15, 0.2) is 17.2 Å². The van der Waals surface area contributed by atoms with E-state index < -0.39 is 33.7 Å². The van der Waals surface area contributed by atoms with Crippen LogP contribution in [0.1, 0.15) is 52.3 Å². The van der Waals surface area contributed by atoms with Crippen molar-refractivity contribution in [2.75, 3.05) is 31.2 Å². The molecule has 3 heterocycles. The van der Waals surface area contributed by atoms with Crippen molar-refractivity contribution in [3.8, 4) is 6.07 Å². The van der Waals surface area contributed by atoms with Gasteiger partial charge in [0, 0.05) is 37.3 Å². The van der Waals surface area contributed by atoms with Gasteiger partial charge in [-0.05, 0) is 50.4 Å². The number of pyridine rings is 1. The zero-order valence-electron chi connectivity index (χ0n) is 23.1. The number of piperazine rings is 1. The van der Waals surface area contributed by atoms with Crippen molar-refractivity contribution in [3.05, 3.63) is 23.2 Å². The van der Waals surface area contributed by atoms with Gasteiger partial charge in [-0.1, -0.05) is 25.4 Å². The molecule has 15 heteroatoms. The maximum atomic E-state index is 14.2. The Morgan fingerprint density at radius 1 is 1.37 bits per heavy atom. The molecule has 220 valence electrons. The van der Waals surface area contributed by atoms with Crippen molar-refractivity contribution in [2.45, 2.75) is 62.9 Å². The summed E-state index contributed by atoms with van der Waals surface area (Å²) in [4.78, 5) is 20.4. The Balaban J connectivity index is 1.58. The molecule has 0 bridgehead atoms. The number of hydrogen-bond donors (Lipinski definition) is 3. The third kappa shape index (κ3) is 5.57. The molecule has 2 aliphatic carbocycles. The molecule has 0 spiro atoms. The Morgan fingerprint density at radius 2 is 2.05 bits per heavy atom. The number of nitriles is 1. The van der Waals surface area contributed by atoms with Crippen molar-refractivity contribution in [1.82, 2.24) is 19.0 Å². The minimum absolute atomic E-state index is 0.0314. The Hall–Kier alpha value is -2.73. The van der Waals surface area contributed by atoms with Crippen LogP contribution in [0.4, 0.5) is 10.1 Å². The second-order valence-electron chi connectivity index (χ2n) is 11.6. The van der Waals surface area contributed by atoms with Gasteiger partial charge in [0.2, 0.25) is 21.0 Å². The van der Waals surface area contributed by atoms with Crippen LogP contribution in [0.25, 0.3) is 5.52 Å². The van der Waals surface area contributed by atoms with E-state index in [1.165, 1.54) is 21.6 Å². The largest absolute Gasteiger partial charge is 0.366 e. The molecule has 41 heavy (non-hydrogen) atoms. The van der Waals surface area contributed by atoms with E-state index in [1.54, 1.807) is 13.8 Å². The molecule has 0 radical (unpaired) electrons. The van der Waals surface area contributed by atoms with Gasteiger partial charge in [-0.25, -0.2) is 22.5 Å². The van der Waals surface area contributed by atoms with Gasteiger partial charge in [0.25, 0.3) is 0 Å². The highest BCUT2D eigenvalue weighted by atomic mass is 35.5. The fourth-order valence-corrected chi connectivity index (χ4v) is 7.62. The van der Waals surface area contributed by atoms with Crippen LogP contribution >= 0.6 is 23.4 Å². The number of halogens is 2. The number of aromatic nitrogens is 2. The van der Waals surface area contributed by atoms with E-state index in [1.807, 2.05) is 11.8 Å². The van der Waals surface area contributed by atoms with E-state index in [-0.39, 0.29) is 50.9 Å². The van der Waals surface area contributed by atoms with E-state index in [0.717, 1.165) is 11.8 Å². The number of alkyl halides is 1. The van der Waals surface area contributed by atoms with Crippen LogP contribution < -0.4 is 15.0 Å². The average molecular weight is 624 g/mol. The van der Waals surface area contributed by atoms with Gasteiger partial charge in [0.05, 0.1) is 17.8 Å². The lowest BCUT2D eigenvalue weighted by Gasteiger charge is -2.42. The number of thioether (sulfide) groups is 1. The molecular weight excluding hydrogens is 591 g/mol. The molecule has 2 saturated carbocycles. The van der Waals surface area contributed by atoms with E-state index in [9.17, 15) is 22.9 Å². The monoisotopic (exact) mass is 623 g/mol. The van der Waals surface area contributed by atoms with E-state index in [4.69, 9.17) is 22.4 Å². The molecule has 0 unspecified atom stereocenters. The first-order chi connectivity index (χ1) is 19.2. The molecule has 2 aromatic rings. The maximum Gasteiger partial charge on any atom is 0.242 e. The van der Waals surface area contributed by atoms with Gasteiger partial charge in [-0.15, -0.1) is 0 Å². The van der Waals surface area contributed by atoms with Crippen molar-refractivity contribution >= 4 is 60.6 Å². The minimum atomic E-state index is -3.99. The van der Waals surface area contributed by atoms with Gasteiger partial charge < -0.3 is 9.80 Å². The second-order valence-corrected chi connectivity index (χ2v) is 14.7. The first kappa shape index (κ1) is 29.8. The lowest BCUT2D eigenvalue weighted by atomic mass is 10.1. The summed E-state index contributed by atoms with van der Waals surface area (Å²) >= 11 is 7.53. The van der Waals surface area contributed by atoms with Crippen molar-refractivity contribution < 1.29 is 23.0 Å². The summed E-state index contributed by atoms with van der Waals surface area (Å²) in [6.45, 7) is 5.27. The quantitative estimate of drug-likeness (QED) is 0.299. The summed E-state index contributed by atoms with van der Waals surface area (Å²) in [5, 5.41) is 24.7. The van der Waals surface area contributed by atoms with Gasteiger partial charge >= 0.3 is 0 Å². The number of nitrogens with one attached hydrogen (secondary N) is 2. The molecule has 0 aromatic carbocycles. The fourth-order valence-electron chi connectivity index (χ4n) is 4.97. The second kappa shape index (κ2) is 10.5. The molecule has 1 saturated heterocycles. The Bertz CT molecular complexity index is 1590. The van der Waals surface area contributed by atoms with Crippen LogP contribution in [-0.4, -0.2) is 76.6 Å². The molecule has 2 aromatic heterocycles. The summed E-state index contributed by atoms with van der Waals surface area (Å²) < 4.78 is 45.5. The summed E-state index contributed by atoms with van der Waals surface area (Å²) in [5.41, 5.74) is -0.568. The number of imidazole rings is 1. The summed E-state index contributed by atoms with van der Waals surface area (Å²) in [6.07, 6.45) is 4.01. The van der Waals surface area contributed by atoms with Gasteiger partial charge in [-0.3, -0.25) is 20.0 Å². The van der Waals surface area contributed by atoms with Crippen LogP contribution in [0.2, 0.25) is 5.15 Å². The SMILES string of the molecule is CC(C)C(=O)N1CCN(c2cc(S(=O)(=O)NC3(C)CC3)cn3c(C(=N)SC(=[NH2+])C4(C#N)CC4)nc(Cl)c23)C[C@H]1CF. The number of hydrogen-bond acceptors (Lipinski definition) is 8. The molecule has 5 rings (SSSR count). The molecule has 3 aliphatic rings. The first-order valence-corrected chi connectivity index (χ1v) is 16.1. The van der Waals surface area contributed by atoms with Crippen LogP contribution in [0.3, 0.4) is 0 Å². The molecule has 1 aliphatic heterocycles. The fraction of sp³-hybridized carbons (Fsp3) is 0.577. The number of nitrogens with two attached hydrogens (primary N) is 1. The molecule has 1 amide bonds. The van der Waals surface area contributed by atoms with Crippen molar-refractivity contribution in [1.29, 1.82) is 10.7 Å². The van der Waals surface area contributed by atoms with Crippen LogP contribution in [0.5, 0.6) is 0 Å². The van der Waals surface area contributed by atoms with Gasteiger partial charge in [-0.2, -0.15) is 5.26 Å². The highest BCUT2D eigenvalue weighted by Gasteiger charge is 2.52. The summed E-state index contributed by atoms with van der Waals surface area (Å²) in [7, 11) is -3.99. The maximum absolute atomic E-state index is 14.2. The van der Waals surface area contributed by atoms with Crippen LogP contribution in [-0.2, 0) is 14.8 Å². The number of carbonyl (C=O) groups excluding carboxylic acids is 1. The summed E-state index contributed by atoms with van der Waals surface area (Å²) in [5.74, 6) is -0.371. The first-order valence-electron chi connectivity index (χ1n) is 13.4. The normalized spacial score (nSPS) is 21.1. The Morgan fingerprint density at radius 3 is 2.61 bits per heavy atom. The third-order valence-corrected chi connectivity index (χ3v) is 10.8. The predicted molar refractivity (Wildman–Crippen MR) is 155 cm³/mol. The van der Waals surface area contributed by atoms with Gasteiger partial charge in [0.15, 0.2) is 11.0 Å². The molecular formula is C26H33ClFN8O3S2+. The van der Waals surface area contributed by atoms with E-state index in [2.05, 4.69) is 15.8 Å². The number of carbonyl (C=O) groups is 1. The minimum Gasteiger partial charge on any atom is -0.366 e. The number of anilines is 1. The number of sulfonamides is 1. The molecule has 3 fully saturated rings. The molecule has 1 atom stereocenters. The van der Waals surface area contributed by atoms with Crippen LogP contribution in [0, 0.1) is 28.1 Å². The zero-order valence-corrected chi connectivity index (χ0v) is 25.5. The highest BCUT2D eigenvalue weighted by molar-refractivity contribution is 8.26. The summed E-state index contributed by atoms with van der Waals surface area (Å²) in [6, 6.07) is 2.96. The number of amides is 1. The smallest absolute Gasteiger partial charge is 0.242 e. The topological polar surface area (TPSA) is 160 Å². The number of fused-ring (bicyclic) bond motifs is 1. The average Bonchev–Trinajstić information content (AvgIpc) is 3.85. The molecule has 11 nitrogen and oxygen atoms in total. The third-order valence-electron chi connectivity index (χ3n) is 7.97. The Kier molecular flexibility index (Phi) is 7.63. The Labute approximate surface area is 247 Å². The number of rotatable bonds is 8. The van der Waals surface area contributed by atoms with Crippen molar-refractivity contribution in [3.63, 3.8) is 0 Å². The van der Waals surface area contributed by atoms with Crippen molar-refractivity contribution in [2.24, 2.45) is 11.3 Å². The van der Waals surface area contributed by atoms with Gasteiger partial charge in [0.1, 0.15) is 27.5 Å². The standard InChI is InChI=1S/C26H32ClFN8O3S2/c1-15(2)23(37)35-9-8-34(12-16(35)11-28)18-10-17(41(38,39)33-25(3)4-5-25)13-36-19(18)20(27)32-22(36)21(30)40-24(31)26(14-29)6-7-26/h10,13,15-16,30-31,33H,4-9,11-12H2,1-3H3/p+1/t16-/m1/s1. The van der Waals surface area contributed by atoms with E-state index in [0.29, 0.717) is 43.4 Å². The zero-order chi connectivity index (χ0) is 29.9. The van der Waals surface area contributed by atoms with E-state index >= 15 is 0 Å². The molecule has 4 N–H and O–H groups in total. The predicted octanol–water partition coefficient (Wildman–Crippen LogP) is 1.98. The number of nitrogens with zero attached hydrogens (tertiary/aromatic N) is 5. The lowest BCUT2D eigenvalue weighted by molar-refractivity contribution is -0.137.